The van der Waals surface area contributed by atoms with Crippen molar-refractivity contribution >= 4 is 10.5 Å². The van der Waals surface area contributed by atoms with Gasteiger partial charge in [0.25, 0.3) is 0 Å². The molecule has 1 saturated heterocycles. The molecular weight excluding hydrogens is 161 g/mol. The molecule has 0 bridgehead atoms. The lowest BCUT2D eigenvalue weighted by atomic mass is 10.4. The molecule has 0 aromatic heterocycles. The highest BCUT2D eigenvalue weighted by molar-refractivity contribution is 7.81. The second kappa shape index (κ2) is 2.81. The van der Waals surface area contributed by atoms with E-state index in [1.54, 1.807) is 0 Å². The van der Waals surface area contributed by atoms with Gasteiger partial charge in [-0.25, -0.2) is 4.18 Å². The van der Waals surface area contributed by atoms with Gasteiger partial charge in [0.15, 0.2) is 0 Å². The van der Waals surface area contributed by atoms with Crippen molar-refractivity contribution in [2.24, 2.45) is 0 Å². The summed E-state index contributed by atoms with van der Waals surface area (Å²) >= 11 is 0. The summed E-state index contributed by atoms with van der Waals surface area (Å²) in [7, 11) is -4.77. The van der Waals surface area contributed by atoms with Crippen LogP contribution in [0.4, 0.5) is 3.89 Å². The maximum Gasteiger partial charge on any atom is 0.439 e. The van der Waals surface area contributed by atoms with E-state index in [1.165, 1.54) is 0 Å². The van der Waals surface area contributed by atoms with Gasteiger partial charge in [0.05, 0.1) is 0 Å². The fourth-order valence-corrected chi connectivity index (χ4v) is 1.32. The third-order valence-electron chi connectivity index (χ3n) is 1.25. The van der Waals surface area contributed by atoms with E-state index in [0.29, 0.717) is 13.0 Å². The maximum absolute atomic E-state index is 11.8. The fraction of sp³-hybridized carbons (Fsp3) is 1.00. The van der Waals surface area contributed by atoms with Crippen LogP contribution in [0.3, 0.4) is 0 Å². The summed E-state index contributed by atoms with van der Waals surface area (Å²) in [5.41, 5.74) is 0. The quantitative estimate of drug-likeness (QED) is 0.588. The van der Waals surface area contributed by atoms with Crippen LogP contribution in [0, 0.1) is 0 Å². The SMILES string of the molecule is O=S(=O)(F)OC1CCCN1. The average molecular weight is 169 g/mol. The Morgan fingerprint density at radius 2 is 2.30 bits per heavy atom. The molecule has 0 aromatic rings. The van der Waals surface area contributed by atoms with Crippen LogP contribution in [-0.2, 0) is 14.7 Å². The van der Waals surface area contributed by atoms with E-state index in [2.05, 4.69) is 9.50 Å². The van der Waals surface area contributed by atoms with Crippen LogP contribution in [-0.4, -0.2) is 21.2 Å². The average Bonchev–Trinajstić information content (AvgIpc) is 2.12. The molecule has 1 N–H and O–H groups in total. The Hall–Kier alpha value is -0.200. The van der Waals surface area contributed by atoms with Gasteiger partial charge in [0.1, 0.15) is 6.23 Å². The first-order chi connectivity index (χ1) is 4.58. The van der Waals surface area contributed by atoms with Gasteiger partial charge < -0.3 is 0 Å². The molecule has 1 aliphatic rings. The molecule has 0 aliphatic carbocycles. The Morgan fingerprint density at radius 1 is 1.60 bits per heavy atom. The van der Waals surface area contributed by atoms with E-state index in [-0.39, 0.29) is 0 Å². The third kappa shape index (κ3) is 2.59. The number of rotatable bonds is 2. The van der Waals surface area contributed by atoms with Crippen molar-refractivity contribution in [2.45, 2.75) is 19.1 Å². The minimum atomic E-state index is -4.77. The predicted molar refractivity (Wildman–Crippen MR) is 32.1 cm³/mol. The van der Waals surface area contributed by atoms with Crippen molar-refractivity contribution < 1.29 is 16.5 Å². The minimum Gasteiger partial charge on any atom is -0.291 e. The first-order valence-corrected chi connectivity index (χ1v) is 4.25. The Balaban J connectivity index is 2.38. The smallest absolute Gasteiger partial charge is 0.291 e. The number of hydrogen-bond acceptors (Lipinski definition) is 4. The highest BCUT2D eigenvalue weighted by atomic mass is 32.3. The largest absolute Gasteiger partial charge is 0.439 e. The van der Waals surface area contributed by atoms with E-state index in [0.717, 1.165) is 6.42 Å². The van der Waals surface area contributed by atoms with E-state index < -0.39 is 16.7 Å². The topological polar surface area (TPSA) is 55.4 Å². The van der Waals surface area contributed by atoms with Crippen molar-refractivity contribution in [3.63, 3.8) is 0 Å². The normalized spacial score (nSPS) is 27.1. The summed E-state index contributed by atoms with van der Waals surface area (Å²) in [6, 6.07) is 0. The van der Waals surface area contributed by atoms with Gasteiger partial charge in [-0.1, -0.05) is 3.89 Å². The molecule has 0 radical (unpaired) electrons. The number of nitrogens with one attached hydrogen (secondary N) is 1. The zero-order chi connectivity index (χ0) is 7.61. The van der Waals surface area contributed by atoms with Gasteiger partial charge >= 0.3 is 10.5 Å². The second-order valence-corrected chi connectivity index (χ2v) is 3.05. The summed E-state index contributed by atoms with van der Waals surface area (Å²) in [6.45, 7) is 0.681. The van der Waals surface area contributed by atoms with Crippen LogP contribution < -0.4 is 5.32 Å². The molecular formula is C4H8FNO3S. The monoisotopic (exact) mass is 169 g/mol. The molecule has 0 spiro atoms. The summed E-state index contributed by atoms with van der Waals surface area (Å²) in [4.78, 5) is 0. The summed E-state index contributed by atoms with van der Waals surface area (Å²) in [6.07, 6.45) is 0.707. The summed E-state index contributed by atoms with van der Waals surface area (Å²) < 4.78 is 35.5. The molecule has 1 aliphatic heterocycles. The molecule has 0 amide bonds. The molecule has 1 rings (SSSR count). The lowest BCUT2D eigenvalue weighted by Crippen LogP contribution is -2.25. The summed E-state index contributed by atoms with van der Waals surface area (Å²) in [5, 5.41) is 2.67. The number of halogens is 1. The van der Waals surface area contributed by atoms with E-state index in [4.69, 9.17) is 0 Å². The van der Waals surface area contributed by atoms with Crippen LogP contribution in [0.25, 0.3) is 0 Å². The minimum absolute atomic E-state index is 0.545. The molecule has 1 unspecified atom stereocenters. The molecule has 60 valence electrons. The Kier molecular flexibility index (Phi) is 2.22. The third-order valence-corrected chi connectivity index (χ3v) is 1.71. The highest BCUT2D eigenvalue weighted by Crippen LogP contribution is 2.09. The molecule has 0 aromatic carbocycles. The fourth-order valence-electron chi connectivity index (χ4n) is 0.873. The number of hydrogen-bond donors (Lipinski definition) is 1. The first kappa shape index (κ1) is 7.90. The lowest BCUT2D eigenvalue weighted by Gasteiger charge is -2.05. The Morgan fingerprint density at radius 3 is 2.70 bits per heavy atom. The molecule has 10 heavy (non-hydrogen) atoms. The van der Waals surface area contributed by atoms with Gasteiger partial charge in [-0.15, -0.1) is 0 Å². The van der Waals surface area contributed by atoms with Crippen LogP contribution in [0.1, 0.15) is 12.8 Å². The van der Waals surface area contributed by atoms with Gasteiger partial charge in [-0.05, 0) is 19.4 Å². The van der Waals surface area contributed by atoms with Gasteiger partial charge in [0, 0.05) is 0 Å². The van der Waals surface area contributed by atoms with Crippen LogP contribution >= 0.6 is 0 Å². The zero-order valence-corrected chi connectivity index (χ0v) is 6.03. The molecule has 1 atom stereocenters. The van der Waals surface area contributed by atoms with Crippen molar-refractivity contribution in [1.82, 2.24) is 5.32 Å². The van der Waals surface area contributed by atoms with Crippen LogP contribution in [0.15, 0.2) is 0 Å². The standard InChI is InChI=1S/C4H8FNO3S/c5-10(7,8)9-4-2-1-3-6-4/h4,6H,1-3H2. The van der Waals surface area contributed by atoms with E-state index in [9.17, 15) is 12.3 Å². The van der Waals surface area contributed by atoms with Gasteiger partial charge in [-0.2, -0.15) is 8.42 Å². The lowest BCUT2D eigenvalue weighted by molar-refractivity contribution is 0.182. The molecule has 1 fully saturated rings. The molecule has 0 saturated carbocycles. The van der Waals surface area contributed by atoms with Crippen LogP contribution in [0.5, 0.6) is 0 Å². The highest BCUT2D eigenvalue weighted by Gasteiger charge is 2.21. The van der Waals surface area contributed by atoms with E-state index >= 15 is 0 Å². The molecule has 6 heteroatoms. The maximum atomic E-state index is 11.8. The van der Waals surface area contributed by atoms with Gasteiger partial charge in [-0.3, -0.25) is 5.32 Å². The van der Waals surface area contributed by atoms with Crippen molar-refractivity contribution in [3.8, 4) is 0 Å². The Labute approximate surface area is 58.8 Å². The van der Waals surface area contributed by atoms with E-state index in [1.807, 2.05) is 0 Å². The zero-order valence-electron chi connectivity index (χ0n) is 5.21. The van der Waals surface area contributed by atoms with Crippen molar-refractivity contribution in [3.05, 3.63) is 0 Å². The van der Waals surface area contributed by atoms with Crippen LogP contribution in [0.2, 0.25) is 0 Å². The van der Waals surface area contributed by atoms with Crippen molar-refractivity contribution in [1.29, 1.82) is 0 Å². The predicted octanol–water partition coefficient (Wildman–Crippen LogP) is -0.0732. The molecule has 1 heterocycles. The van der Waals surface area contributed by atoms with Crippen molar-refractivity contribution in [2.75, 3.05) is 6.54 Å². The van der Waals surface area contributed by atoms with Gasteiger partial charge in [0.2, 0.25) is 0 Å². The second-order valence-electron chi connectivity index (χ2n) is 2.07. The Bertz CT molecular complexity index is 197. The summed E-state index contributed by atoms with van der Waals surface area (Å²) in [5.74, 6) is 0. The first-order valence-electron chi connectivity index (χ1n) is 2.94. The molecule has 4 nitrogen and oxygen atoms in total.